The molecule has 0 aromatic heterocycles. The fourth-order valence-electron chi connectivity index (χ4n) is 2.14. The van der Waals surface area contributed by atoms with Gasteiger partial charge in [0.15, 0.2) is 0 Å². The second-order valence-electron chi connectivity index (χ2n) is 4.53. The Bertz CT molecular complexity index is 148. The number of likely N-dealkylation sites (tertiary alicyclic amines) is 1. The molecule has 1 rings (SSSR count). The molecule has 1 aliphatic heterocycles. The third-order valence-corrected chi connectivity index (χ3v) is 3.12. The molecule has 78 valence electrons. The van der Waals surface area contributed by atoms with E-state index in [2.05, 4.69) is 25.7 Å². The zero-order valence-corrected chi connectivity index (χ0v) is 9.15. The van der Waals surface area contributed by atoms with Crippen molar-refractivity contribution in [1.82, 2.24) is 4.90 Å². The Morgan fingerprint density at radius 1 is 1.31 bits per heavy atom. The summed E-state index contributed by atoms with van der Waals surface area (Å²) in [5.74, 6) is 0. The van der Waals surface area contributed by atoms with Crippen LogP contribution in [0, 0.1) is 0 Å². The largest absolute Gasteiger partial charge is 0.301 e. The van der Waals surface area contributed by atoms with E-state index >= 15 is 0 Å². The van der Waals surface area contributed by atoms with Crippen LogP contribution in [-0.4, -0.2) is 29.7 Å². The first kappa shape index (κ1) is 11.0. The fraction of sp³-hybridized carbons (Fsp3) is 1.00. The van der Waals surface area contributed by atoms with Gasteiger partial charge in [0.1, 0.15) is 5.67 Å². The van der Waals surface area contributed by atoms with E-state index in [9.17, 15) is 4.39 Å². The van der Waals surface area contributed by atoms with E-state index in [0.717, 1.165) is 38.8 Å². The van der Waals surface area contributed by atoms with E-state index in [1.807, 2.05) is 0 Å². The molecular weight excluding hydrogens is 165 g/mol. The summed E-state index contributed by atoms with van der Waals surface area (Å²) in [6.45, 7) is 8.31. The van der Waals surface area contributed by atoms with Crippen LogP contribution in [0.1, 0.15) is 46.5 Å². The maximum Gasteiger partial charge on any atom is 0.113 e. The van der Waals surface area contributed by atoms with Gasteiger partial charge in [-0.2, -0.15) is 0 Å². The number of alkyl halides is 1. The van der Waals surface area contributed by atoms with Gasteiger partial charge in [-0.1, -0.05) is 13.3 Å². The molecule has 1 aliphatic rings. The summed E-state index contributed by atoms with van der Waals surface area (Å²) in [5.41, 5.74) is -0.847. The van der Waals surface area contributed by atoms with E-state index in [4.69, 9.17) is 0 Å². The predicted molar refractivity (Wildman–Crippen MR) is 54.7 cm³/mol. The molecule has 0 aromatic carbocycles. The first-order valence-corrected chi connectivity index (χ1v) is 5.50. The highest BCUT2D eigenvalue weighted by atomic mass is 19.1. The summed E-state index contributed by atoms with van der Waals surface area (Å²) >= 11 is 0. The molecule has 0 N–H and O–H groups in total. The van der Waals surface area contributed by atoms with Gasteiger partial charge in [0.2, 0.25) is 0 Å². The van der Waals surface area contributed by atoms with Crippen molar-refractivity contribution < 1.29 is 4.39 Å². The minimum Gasteiger partial charge on any atom is -0.301 e. The highest BCUT2D eigenvalue weighted by Crippen LogP contribution is 2.31. The smallest absolute Gasteiger partial charge is 0.113 e. The fourth-order valence-corrected chi connectivity index (χ4v) is 2.14. The minimum absolute atomic E-state index is 0.575. The number of hydrogen-bond acceptors (Lipinski definition) is 1. The summed E-state index contributed by atoms with van der Waals surface area (Å²) in [6, 6.07) is 0.575. The second kappa shape index (κ2) is 4.41. The topological polar surface area (TPSA) is 3.24 Å². The molecule has 1 fully saturated rings. The Hall–Kier alpha value is -0.110. The molecule has 0 amide bonds. The Morgan fingerprint density at radius 2 is 1.85 bits per heavy atom. The third-order valence-electron chi connectivity index (χ3n) is 3.12. The molecule has 0 spiro atoms. The van der Waals surface area contributed by atoms with Crippen LogP contribution in [0.5, 0.6) is 0 Å². The molecule has 0 radical (unpaired) electrons. The average Bonchev–Trinajstić information content (AvgIpc) is 2.05. The van der Waals surface area contributed by atoms with Crippen molar-refractivity contribution in [2.24, 2.45) is 0 Å². The van der Waals surface area contributed by atoms with Crippen LogP contribution in [0.3, 0.4) is 0 Å². The number of rotatable bonds is 3. The second-order valence-corrected chi connectivity index (χ2v) is 4.53. The van der Waals surface area contributed by atoms with Crippen LogP contribution < -0.4 is 0 Å². The van der Waals surface area contributed by atoms with E-state index < -0.39 is 5.67 Å². The van der Waals surface area contributed by atoms with Crippen molar-refractivity contribution in [2.45, 2.75) is 58.2 Å². The molecular formula is C11H22FN. The number of hydrogen-bond donors (Lipinski definition) is 0. The molecule has 13 heavy (non-hydrogen) atoms. The number of piperidine rings is 1. The summed E-state index contributed by atoms with van der Waals surface area (Å²) in [5, 5.41) is 0. The lowest BCUT2D eigenvalue weighted by atomic mass is 9.88. The summed E-state index contributed by atoms with van der Waals surface area (Å²) < 4.78 is 14.0. The molecule has 0 saturated carbocycles. The highest BCUT2D eigenvalue weighted by molar-refractivity contribution is 4.86. The van der Waals surface area contributed by atoms with E-state index in [0.29, 0.717) is 6.04 Å². The van der Waals surface area contributed by atoms with Crippen LogP contribution in [0.25, 0.3) is 0 Å². The molecule has 1 heterocycles. The SMILES string of the molecule is CCCC1(F)CCN(C(C)C)CC1. The van der Waals surface area contributed by atoms with Crippen molar-refractivity contribution in [3.05, 3.63) is 0 Å². The van der Waals surface area contributed by atoms with Crippen LogP contribution in [0.2, 0.25) is 0 Å². The van der Waals surface area contributed by atoms with Crippen LogP contribution >= 0.6 is 0 Å². The van der Waals surface area contributed by atoms with Gasteiger partial charge in [0, 0.05) is 19.1 Å². The zero-order chi connectivity index (χ0) is 9.90. The molecule has 2 heteroatoms. The van der Waals surface area contributed by atoms with Gasteiger partial charge in [-0.05, 0) is 33.1 Å². The molecule has 1 saturated heterocycles. The van der Waals surface area contributed by atoms with Gasteiger partial charge in [-0.3, -0.25) is 0 Å². The van der Waals surface area contributed by atoms with Gasteiger partial charge in [0.25, 0.3) is 0 Å². The third kappa shape index (κ3) is 2.94. The Labute approximate surface area is 81.3 Å². The van der Waals surface area contributed by atoms with Crippen molar-refractivity contribution in [3.63, 3.8) is 0 Å². The molecule has 1 nitrogen and oxygen atoms in total. The van der Waals surface area contributed by atoms with Crippen molar-refractivity contribution >= 4 is 0 Å². The molecule has 0 aliphatic carbocycles. The monoisotopic (exact) mass is 187 g/mol. The number of halogens is 1. The van der Waals surface area contributed by atoms with Gasteiger partial charge in [0.05, 0.1) is 0 Å². The number of nitrogens with zero attached hydrogens (tertiary/aromatic N) is 1. The van der Waals surface area contributed by atoms with E-state index in [1.54, 1.807) is 0 Å². The van der Waals surface area contributed by atoms with Gasteiger partial charge >= 0.3 is 0 Å². The Morgan fingerprint density at radius 3 is 2.23 bits per heavy atom. The van der Waals surface area contributed by atoms with E-state index in [-0.39, 0.29) is 0 Å². The summed E-state index contributed by atoms with van der Waals surface area (Å²) in [6.07, 6.45) is 3.19. The summed E-state index contributed by atoms with van der Waals surface area (Å²) in [4.78, 5) is 2.37. The normalized spacial score (nSPS) is 23.8. The Balaban J connectivity index is 2.37. The minimum atomic E-state index is -0.847. The standard InChI is InChI=1S/C11H22FN/c1-4-5-11(12)6-8-13(9-7-11)10(2)3/h10H,4-9H2,1-3H3. The highest BCUT2D eigenvalue weighted by Gasteiger charge is 2.33. The van der Waals surface area contributed by atoms with Gasteiger partial charge < -0.3 is 4.90 Å². The quantitative estimate of drug-likeness (QED) is 0.656. The van der Waals surface area contributed by atoms with Gasteiger partial charge in [-0.25, -0.2) is 4.39 Å². The van der Waals surface area contributed by atoms with Crippen molar-refractivity contribution in [2.75, 3.05) is 13.1 Å². The maximum atomic E-state index is 14.0. The molecule has 0 unspecified atom stereocenters. The van der Waals surface area contributed by atoms with Crippen LogP contribution in [0.15, 0.2) is 0 Å². The first-order valence-electron chi connectivity index (χ1n) is 5.50. The molecule has 0 aromatic rings. The first-order chi connectivity index (χ1) is 6.07. The predicted octanol–water partition coefficient (Wildman–Crippen LogP) is 3.00. The molecule has 0 atom stereocenters. The van der Waals surface area contributed by atoms with Crippen LogP contribution in [-0.2, 0) is 0 Å². The molecule has 0 bridgehead atoms. The lowest BCUT2D eigenvalue weighted by Gasteiger charge is -2.38. The van der Waals surface area contributed by atoms with Crippen molar-refractivity contribution in [3.8, 4) is 0 Å². The van der Waals surface area contributed by atoms with Crippen LogP contribution in [0.4, 0.5) is 4.39 Å². The lowest BCUT2D eigenvalue weighted by Crippen LogP contribution is -2.44. The van der Waals surface area contributed by atoms with Gasteiger partial charge in [-0.15, -0.1) is 0 Å². The lowest BCUT2D eigenvalue weighted by molar-refractivity contribution is 0.0381. The zero-order valence-electron chi connectivity index (χ0n) is 9.15. The maximum absolute atomic E-state index is 14.0. The van der Waals surface area contributed by atoms with E-state index in [1.165, 1.54) is 0 Å². The van der Waals surface area contributed by atoms with Crippen molar-refractivity contribution in [1.29, 1.82) is 0 Å². The summed E-state index contributed by atoms with van der Waals surface area (Å²) in [7, 11) is 0. The Kier molecular flexibility index (Phi) is 3.72. The average molecular weight is 187 g/mol.